The molecule has 3 aliphatic rings. The maximum Gasteiger partial charge on any atom is 0.253 e. The number of carbonyl (C=O) groups is 2. The van der Waals surface area contributed by atoms with Crippen LogP contribution < -0.4 is 16.0 Å². The molecule has 0 radical (unpaired) electrons. The maximum absolute atomic E-state index is 12.6. The predicted molar refractivity (Wildman–Crippen MR) is 102 cm³/mol. The summed E-state index contributed by atoms with van der Waals surface area (Å²) in [4.78, 5) is 25.0. The average Bonchev–Trinajstić information content (AvgIpc) is 3.38. The molecular weight excluding hydrogens is 350 g/mol. The number of anilines is 1. The van der Waals surface area contributed by atoms with Gasteiger partial charge in [-0.3, -0.25) is 9.59 Å². The maximum atomic E-state index is 12.6. The number of halogens is 1. The summed E-state index contributed by atoms with van der Waals surface area (Å²) in [5.74, 6) is 0.837. The van der Waals surface area contributed by atoms with Crippen LogP contribution >= 0.6 is 11.6 Å². The van der Waals surface area contributed by atoms with E-state index in [1.807, 2.05) is 0 Å². The number of fused-ring (bicyclic) bond motifs is 2. The smallest absolute Gasteiger partial charge is 0.253 e. The van der Waals surface area contributed by atoms with Crippen LogP contribution in [0.3, 0.4) is 0 Å². The van der Waals surface area contributed by atoms with Gasteiger partial charge < -0.3 is 16.0 Å². The van der Waals surface area contributed by atoms with E-state index >= 15 is 0 Å². The number of rotatable bonds is 6. The van der Waals surface area contributed by atoms with Crippen molar-refractivity contribution >= 4 is 29.1 Å². The third-order valence-corrected chi connectivity index (χ3v) is 6.03. The number of carbonyl (C=O) groups excluding carboxylic acids is 2. The molecule has 2 heterocycles. The number of benzene rings is 1. The van der Waals surface area contributed by atoms with E-state index in [-0.39, 0.29) is 11.8 Å². The molecule has 1 aromatic rings. The Morgan fingerprint density at radius 2 is 1.81 bits per heavy atom. The zero-order valence-corrected chi connectivity index (χ0v) is 15.6. The first-order valence-corrected chi connectivity index (χ1v) is 10.1. The fraction of sp³-hybridized carbons (Fsp3) is 0.600. The Morgan fingerprint density at radius 3 is 2.50 bits per heavy atom. The van der Waals surface area contributed by atoms with Gasteiger partial charge in [-0.1, -0.05) is 11.6 Å². The first-order valence-electron chi connectivity index (χ1n) is 9.70. The molecule has 2 aliphatic heterocycles. The van der Waals surface area contributed by atoms with Gasteiger partial charge in [0, 0.05) is 30.1 Å². The van der Waals surface area contributed by atoms with Crippen molar-refractivity contribution < 1.29 is 9.59 Å². The molecule has 3 fully saturated rings. The average molecular weight is 376 g/mol. The quantitative estimate of drug-likeness (QED) is 0.714. The molecule has 140 valence electrons. The number of piperidine rings is 1. The Balaban J connectivity index is 1.38. The van der Waals surface area contributed by atoms with Gasteiger partial charge in [-0.25, -0.2) is 0 Å². The number of amides is 2. The van der Waals surface area contributed by atoms with E-state index in [9.17, 15) is 9.59 Å². The van der Waals surface area contributed by atoms with E-state index in [1.165, 1.54) is 25.7 Å². The van der Waals surface area contributed by atoms with E-state index in [1.54, 1.807) is 18.2 Å². The third-order valence-electron chi connectivity index (χ3n) is 5.79. The third kappa shape index (κ3) is 4.38. The van der Waals surface area contributed by atoms with Crippen LogP contribution in [0.25, 0.3) is 0 Å². The van der Waals surface area contributed by atoms with E-state index < -0.39 is 0 Å². The molecule has 0 spiro atoms. The van der Waals surface area contributed by atoms with E-state index in [2.05, 4.69) is 16.0 Å². The van der Waals surface area contributed by atoms with Crippen molar-refractivity contribution in [3.05, 3.63) is 28.8 Å². The standard InChI is InChI=1S/C20H26ClN3O2/c21-14-3-6-18(17(10-14)20(26)22-11-12-1-2-12)24-19(25)9-13-7-15-4-5-16(8-13)23-15/h3,6,10,12-13,15-16,23H,1-2,4-5,7-9,11H2,(H,22,26)(H,24,25). The van der Waals surface area contributed by atoms with Crippen molar-refractivity contribution in [2.45, 2.75) is 57.0 Å². The van der Waals surface area contributed by atoms with Crippen LogP contribution in [0.1, 0.15) is 55.3 Å². The molecule has 6 heteroatoms. The van der Waals surface area contributed by atoms with Crippen molar-refractivity contribution in [3.63, 3.8) is 0 Å². The molecule has 3 N–H and O–H groups in total. The fourth-order valence-corrected chi connectivity index (χ4v) is 4.44. The summed E-state index contributed by atoms with van der Waals surface area (Å²) in [6.45, 7) is 0.691. The van der Waals surface area contributed by atoms with Gasteiger partial charge in [0.25, 0.3) is 5.91 Å². The normalized spacial score (nSPS) is 27.2. The molecule has 1 saturated carbocycles. The van der Waals surface area contributed by atoms with Gasteiger partial charge in [-0.2, -0.15) is 0 Å². The van der Waals surface area contributed by atoms with E-state index in [0.29, 0.717) is 53.2 Å². The van der Waals surface area contributed by atoms with Crippen molar-refractivity contribution in [1.82, 2.24) is 10.6 Å². The molecule has 2 unspecified atom stereocenters. The highest BCUT2D eigenvalue weighted by Gasteiger charge is 2.34. The summed E-state index contributed by atoms with van der Waals surface area (Å²) in [6, 6.07) is 6.21. The molecule has 2 atom stereocenters. The fourth-order valence-electron chi connectivity index (χ4n) is 4.27. The Hall–Kier alpha value is -1.59. The Morgan fingerprint density at radius 1 is 1.08 bits per heavy atom. The minimum absolute atomic E-state index is 0.0186. The van der Waals surface area contributed by atoms with Crippen LogP contribution in [0.15, 0.2) is 18.2 Å². The minimum Gasteiger partial charge on any atom is -0.352 e. The van der Waals surface area contributed by atoms with Crippen LogP contribution in [0.5, 0.6) is 0 Å². The van der Waals surface area contributed by atoms with Crippen LogP contribution in [0.2, 0.25) is 5.02 Å². The highest BCUT2D eigenvalue weighted by Crippen LogP contribution is 2.33. The number of hydrogen-bond acceptors (Lipinski definition) is 3. The molecule has 5 nitrogen and oxygen atoms in total. The molecule has 2 amide bonds. The lowest BCUT2D eigenvalue weighted by atomic mass is 9.89. The topological polar surface area (TPSA) is 70.2 Å². The van der Waals surface area contributed by atoms with Crippen LogP contribution in [0, 0.1) is 11.8 Å². The van der Waals surface area contributed by atoms with Gasteiger partial charge in [0.2, 0.25) is 5.91 Å². The molecule has 2 bridgehead atoms. The van der Waals surface area contributed by atoms with E-state index in [0.717, 1.165) is 12.8 Å². The van der Waals surface area contributed by atoms with Crippen molar-refractivity contribution in [1.29, 1.82) is 0 Å². The van der Waals surface area contributed by atoms with Crippen molar-refractivity contribution in [3.8, 4) is 0 Å². The van der Waals surface area contributed by atoms with Gasteiger partial charge in [0.1, 0.15) is 0 Å². The monoisotopic (exact) mass is 375 g/mol. The molecule has 4 rings (SSSR count). The molecule has 0 aromatic heterocycles. The number of nitrogens with one attached hydrogen (secondary N) is 3. The van der Waals surface area contributed by atoms with Gasteiger partial charge in [0.05, 0.1) is 11.3 Å². The molecule has 26 heavy (non-hydrogen) atoms. The van der Waals surface area contributed by atoms with E-state index in [4.69, 9.17) is 11.6 Å². The molecular formula is C20H26ClN3O2. The summed E-state index contributed by atoms with van der Waals surface area (Å²) < 4.78 is 0. The van der Waals surface area contributed by atoms with Crippen LogP contribution in [0.4, 0.5) is 5.69 Å². The molecule has 2 saturated heterocycles. The largest absolute Gasteiger partial charge is 0.352 e. The second kappa shape index (κ2) is 7.57. The number of hydrogen-bond donors (Lipinski definition) is 3. The summed E-state index contributed by atoms with van der Waals surface area (Å²) in [7, 11) is 0. The first-order chi connectivity index (χ1) is 12.6. The second-order valence-electron chi connectivity index (χ2n) is 8.07. The Bertz CT molecular complexity index is 692. The zero-order valence-electron chi connectivity index (χ0n) is 14.9. The van der Waals surface area contributed by atoms with Crippen LogP contribution in [-0.4, -0.2) is 30.4 Å². The highest BCUT2D eigenvalue weighted by atomic mass is 35.5. The second-order valence-corrected chi connectivity index (χ2v) is 8.51. The summed E-state index contributed by atoms with van der Waals surface area (Å²) in [5, 5.41) is 9.98. The molecule has 1 aromatic carbocycles. The Kier molecular flexibility index (Phi) is 5.18. The predicted octanol–water partition coefficient (Wildman–Crippen LogP) is 3.34. The summed E-state index contributed by atoms with van der Waals surface area (Å²) >= 11 is 6.07. The Labute approximate surface area is 159 Å². The summed E-state index contributed by atoms with van der Waals surface area (Å²) in [5.41, 5.74) is 0.987. The van der Waals surface area contributed by atoms with Gasteiger partial charge in [-0.15, -0.1) is 0 Å². The van der Waals surface area contributed by atoms with Gasteiger partial charge >= 0.3 is 0 Å². The van der Waals surface area contributed by atoms with Gasteiger partial charge in [-0.05, 0) is 68.6 Å². The van der Waals surface area contributed by atoms with Crippen molar-refractivity contribution in [2.75, 3.05) is 11.9 Å². The summed E-state index contributed by atoms with van der Waals surface area (Å²) in [6.07, 6.45) is 7.46. The lowest BCUT2D eigenvalue weighted by Crippen LogP contribution is -2.39. The zero-order chi connectivity index (χ0) is 18.1. The minimum atomic E-state index is -0.172. The van der Waals surface area contributed by atoms with Crippen LogP contribution in [-0.2, 0) is 4.79 Å². The lowest BCUT2D eigenvalue weighted by molar-refractivity contribution is -0.117. The molecule has 1 aliphatic carbocycles. The van der Waals surface area contributed by atoms with Crippen molar-refractivity contribution in [2.24, 2.45) is 11.8 Å². The SMILES string of the molecule is O=C(CC1CC2CCC(C1)N2)Nc1ccc(Cl)cc1C(=O)NCC1CC1. The first kappa shape index (κ1) is 17.8. The highest BCUT2D eigenvalue weighted by molar-refractivity contribution is 6.31. The lowest BCUT2D eigenvalue weighted by Gasteiger charge is -2.28. The van der Waals surface area contributed by atoms with Gasteiger partial charge in [0.15, 0.2) is 0 Å².